The highest BCUT2D eigenvalue weighted by atomic mass is 19.1. The van der Waals surface area contributed by atoms with E-state index in [0.717, 1.165) is 5.69 Å². The van der Waals surface area contributed by atoms with Gasteiger partial charge in [0.05, 0.1) is 11.3 Å². The molecule has 1 aromatic heterocycles. The molecule has 0 spiro atoms. The number of halogens is 2. The average Bonchev–Trinajstić information content (AvgIpc) is 2.50. The summed E-state index contributed by atoms with van der Waals surface area (Å²) in [7, 11) is 0. The SMILES string of the molecule is CC(C)(C)c1nc2c(c(=O)[nH]1)CN(Cc1c(F)cccc1F)CC2. The number of aromatic nitrogens is 2. The fourth-order valence-electron chi connectivity index (χ4n) is 2.88. The Hall–Kier alpha value is -2.08. The highest BCUT2D eigenvalue weighted by Gasteiger charge is 2.25. The fourth-order valence-corrected chi connectivity index (χ4v) is 2.88. The van der Waals surface area contributed by atoms with Crippen LogP contribution in [0.15, 0.2) is 23.0 Å². The zero-order valence-electron chi connectivity index (χ0n) is 14.1. The lowest BCUT2D eigenvalue weighted by Gasteiger charge is -2.29. The van der Waals surface area contributed by atoms with Crippen LogP contribution in [-0.4, -0.2) is 21.4 Å². The maximum Gasteiger partial charge on any atom is 0.255 e. The van der Waals surface area contributed by atoms with Crippen molar-refractivity contribution in [3.8, 4) is 0 Å². The molecule has 2 heterocycles. The van der Waals surface area contributed by atoms with Crippen molar-refractivity contribution in [2.24, 2.45) is 0 Å². The van der Waals surface area contributed by atoms with Crippen molar-refractivity contribution in [1.82, 2.24) is 14.9 Å². The van der Waals surface area contributed by atoms with Crippen LogP contribution in [0.5, 0.6) is 0 Å². The van der Waals surface area contributed by atoms with Gasteiger partial charge in [-0.2, -0.15) is 0 Å². The van der Waals surface area contributed by atoms with E-state index >= 15 is 0 Å². The van der Waals surface area contributed by atoms with Gasteiger partial charge in [0.1, 0.15) is 17.5 Å². The van der Waals surface area contributed by atoms with E-state index in [2.05, 4.69) is 9.97 Å². The van der Waals surface area contributed by atoms with Crippen LogP contribution in [0.25, 0.3) is 0 Å². The first-order valence-corrected chi connectivity index (χ1v) is 8.03. The molecular weight excluding hydrogens is 312 g/mol. The lowest BCUT2D eigenvalue weighted by atomic mass is 9.95. The minimum Gasteiger partial charge on any atom is -0.310 e. The topological polar surface area (TPSA) is 49.0 Å². The van der Waals surface area contributed by atoms with Gasteiger partial charge in [-0.15, -0.1) is 0 Å². The first kappa shape index (κ1) is 16.8. The molecule has 0 atom stereocenters. The van der Waals surface area contributed by atoms with Crippen molar-refractivity contribution in [3.63, 3.8) is 0 Å². The van der Waals surface area contributed by atoms with Crippen molar-refractivity contribution in [2.75, 3.05) is 6.54 Å². The molecule has 128 valence electrons. The van der Waals surface area contributed by atoms with Gasteiger partial charge in [-0.05, 0) is 12.1 Å². The highest BCUT2D eigenvalue weighted by Crippen LogP contribution is 2.22. The predicted molar refractivity (Wildman–Crippen MR) is 87.7 cm³/mol. The monoisotopic (exact) mass is 333 g/mol. The van der Waals surface area contributed by atoms with Gasteiger partial charge < -0.3 is 4.98 Å². The van der Waals surface area contributed by atoms with E-state index in [1.54, 1.807) is 0 Å². The Morgan fingerprint density at radius 1 is 1.25 bits per heavy atom. The largest absolute Gasteiger partial charge is 0.310 e. The summed E-state index contributed by atoms with van der Waals surface area (Å²) in [5.41, 5.74) is 1.02. The predicted octanol–water partition coefficient (Wildman–Crippen LogP) is 2.90. The van der Waals surface area contributed by atoms with Gasteiger partial charge in [0.25, 0.3) is 5.56 Å². The van der Waals surface area contributed by atoms with E-state index in [9.17, 15) is 13.6 Å². The van der Waals surface area contributed by atoms with Gasteiger partial charge in [-0.1, -0.05) is 26.8 Å². The lowest BCUT2D eigenvalue weighted by molar-refractivity contribution is 0.234. The summed E-state index contributed by atoms with van der Waals surface area (Å²) in [6, 6.07) is 3.85. The number of nitrogens with zero attached hydrogens (tertiary/aromatic N) is 2. The third-order valence-corrected chi connectivity index (χ3v) is 4.30. The molecule has 1 aromatic carbocycles. The molecule has 1 N–H and O–H groups in total. The zero-order valence-corrected chi connectivity index (χ0v) is 14.1. The van der Waals surface area contributed by atoms with Gasteiger partial charge >= 0.3 is 0 Å². The summed E-state index contributed by atoms with van der Waals surface area (Å²) >= 11 is 0. The van der Waals surface area contributed by atoms with E-state index in [0.29, 0.717) is 30.9 Å². The van der Waals surface area contributed by atoms with Gasteiger partial charge in [0, 0.05) is 37.0 Å². The average molecular weight is 333 g/mol. The number of nitrogens with one attached hydrogen (secondary N) is 1. The summed E-state index contributed by atoms with van der Waals surface area (Å²) in [4.78, 5) is 21.7. The van der Waals surface area contributed by atoms with Crippen LogP contribution >= 0.6 is 0 Å². The summed E-state index contributed by atoms with van der Waals surface area (Å²) in [5.74, 6) is -0.452. The maximum atomic E-state index is 13.8. The molecule has 0 unspecified atom stereocenters. The summed E-state index contributed by atoms with van der Waals surface area (Å²) < 4.78 is 27.6. The molecule has 0 fully saturated rings. The van der Waals surface area contributed by atoms with E-state index in [4.69, 9.17) is 0 Å². The third kappa shape index (κ3) is 3.24. The van der Waals surface area contributed by atoms with Gasteiger partial charge in [0.15, 0.2) is 0 Å². The van der Waals surface area contributed by atoms with E-state index in [-0.39, 0.29) is 23.1 Å². The highest BCUT2D eigenvalue weighted by molar-refractivity contribution is 5.24. The quantitative estimate of drug-likeness (QED) is 0.919. The molecular formula is C18H21F2N3O. The van der Waals surface area contributed by atoms with Gasteiger partial charge in [-0.25, -0.2) is 13.8 Å². The second-order valence-electron chi connectivity index (χ2n) is 7.25. The molecule has 0 aliphatic carbocycles. The first-order valence-electron chi connectivity index (χ1n) is 8.03. The van der Waals surface area contributed by atoms with Crippen molar-refractivity contribution < 1.29 is 8.78 Å². The molecule has 0 radical (unpaired) electrons. The lowest BCUT2D eigenvalue weighted by Crippen LogP contribution is -2.37. The second kappa shape index (κ2) is 6.09. The molecule has 0 saturated heterocycles. The Bertz CT molecular complexity index is 804. The Morgan fingerprint density at radius 2 is 1.92 bits per heavy atom. The molecule has 2 aromatic rings. The van der Waals surface area contributed by atoms with Crippen LogP contribution in [-0.2, 0) is 24.9 Å². The summed E-state index contributed by atoms with van der Waals surface area (Å²) in [6.45, 7) is 7.07. The Kier molecular flexibility index (Phi) is 4.25. The molecule has 3 rings (SSSR count). The van der Waals surface area contributed by atoms with Crippen LogP contribution in [0.3, 0.4) is 0 Å². The number of hydrogen-bond donors (Lipinski definition) is 1. The van der Waals surface area contributed by atoms with Gasteiger partial charge in [-0.3, -0.25) is 9.69 Å². The number of hydrogen-bond acceptors (Lipinski definition) is 3. The van der Waals surface area contributed by atoms with Crippen LogP contribution in [0, 0.1) is 11.6 Å². The van der Waals surface area contributed by atoms with Crippen LogP contribution in [0.4, 0.5) is 8.78 Å². The van der Waals surface area contributed by atoms with Crippen molar-refractivity contribution in [3.05, 3.63) is 62.8 Å². The Morgan fingerprint density at radius 3 is 2.54 bits per heavy atom. The molecule has 0 saturated carbocycles. The van der Waals surface area contributed by atoms with E-state index in [1.165, 1.54) is 18.2 Å². The molecule has 1 aliphatic rings. The third-order valence-electron chi connectivity index (χ3n) is 4.30. The van der Waals surface area contributed by atoms with Crippen molar-refractivity contribution in [2.45, 2.75) is 45.7 Å². The smallest absolute Gasteiger partial charge is 0.255 e. The molecule has 6 heteroatoms. The number of aromatic amines is 1. The second-order valence-corrected chi connectivity index (χ2v) is 7.25. The molecule has 1 aliphatic heterocycles. The van der Waals surface area contributed by atoms with Crippen LogP contribution < -0.4 is 5.56 Å². The van der Waals surface area contributed by atoms with Crippen LogP contribution in [0.1, 0.15) is 43.4 Å². The fraction of sp³-hybridized carbons (Fsp3) is 0.444. The van der Waals surface area contributed by atoms with Crippen molar-refractivity contribution in [1.29, 1.82) is 0 Å². The maximum absolute atomic E-state index is 13.8. The number of benzene rings is 1. The number of H-pyrrole nitrogens is 1. The molecule has 24 heavy (non-hydrogen) atoms. The molecule has 0 bridgehead atoms. The first-order chi connectivity index (χ1) is 11.3. The molecule has 0 amide bonds. The van der Waals surface area contributed by atoms with E-state index in [1.807, 2.05) is 25.7 Å². The molecule has 4 nitrogen and oxygen atoms in total. The summed E-state index contributed by atoms with van der Waals surface area (Å²) in [6.07, 6.45) is 0.596. The number of fused-ring (bicyclic) bond motifs is 1. The standard InChI is InChI=1S/C18H21F2N3O/c1-18(2,3)17-21-15-7-8-23(10-12(15)16(24)22-17)9-11-13(19)5-4-6-14(11)20/h4-6H,7-10H2,1-3H3,(H,21,22,24). The Labute approximate surface area is 139 Å². The van der Waals surface area contributed by atoms with Gasteiger partial charge in [0.2, 0.25) is 0 Å². The normalized spacial score (nSPS) is 15.4. The minimum absolute atomic E-state index is 0.0386. The summed E-state index contributed by atoms with van der Waals surface area (Å²) in [5, 5.41) is 0. The Balaban J connectivity index is 1.86. The minimum atomic E-state index is -0.559. The van der Waals surface area contributed by atoms with E-state index < -0.39 is 11.6 Å². The number of rotatable bonds is 2. The van der Waals surface area contributed by atoms with Crippen molar-refractivity contribution >= 4 is 0 Å². The van der Waals surface area contributed by atoms with Crippen LogP contribution in [0.2, 0.25) is 0 Å². The zero-order chi connectivity index (χ0) is 17.5.